The molecule has 11 heteroatoms. The van der Waals surface area contributed by atoms with E-state index in [0.717, 1.165) is 33.5 Å². The number of nitrogens with zero attached hydrogens (tertiary/aromatic N) is 1. The number of hydrogen-bond acceptors (Lipinski definition) is 6. The first-order valence-corrected chi connectivity index (χ1v) is 16.0. The first-order valence-electron chi connectivity index (χ1n) is 13.4. The van der Waals surface area contributed by atoms with Crippen LogP contribution in [-0.4, -0.2) is 39.4 Å². The molecule has 2 amide bonds. The summed E-state index contributed by atoms with van der Waals surface area (Å²) in [5.41, 5.74) is 6.31. The van der Waals surface area contributed by atoms with Gasteiger partial charge in [0.25, 0.3) is 0 Å². The fourth-order valence-corrected chi connectivity index (χ4v) is 5.46. The number of carbonyl (C=O) groups excluding carboxylic acids is 2. The van der Waals surface area contributed by atoms with Crippen LogP contribution in [0, 0.1) is 17.8 Å². The molecule has 0 saturated carbocycles. The molecule has 0 aliphatic carbocycles. The second-order valence-corrected chi connectivity index (χ2v) is 13.0. The Hall–Kier alpha value is -2.73. The molecule has 3 rings (SSSR count). The van der Waals surface area contributed by atoms with E-state index in [1.807, 2.05) is 56.3 Å². The maximum absolute atomic E-state index is 13.8. The van der Waals surface area contributed by atoms with Gasteiger partial charge in [-0.15, -0.1) is 0 Å². The maximum atomic E-state index is 13.8. The molecular weight excluding hydrogens is 598 g/mol. The minimum absolute atomic E-state index is 0.0473. The number of hydrazine groups is 1. The van der Waals surface area contributed by atoms with Crippen molar-refractivity contribution >= 4 is 49.5 Å². The topological polar surface area (TPSA) is 114 Å². The minimum Gasteiger partial charge on any atom is -0.350 e. The van der Waals surface area contributed by atoms with Crippen LogP contribution in [0.5, 0.6) is 0 Å². The molecule has 0 radical (unpaired) electrons. The molecule has 2 aromatic carbocycles. The lowest BCUT2D eigenvalue weighted by Crippen LogP contribution is -2.51. The molecule has 218 valence electrons. The molecule has 1 unspecified atom stereocenters. The number of halogens is 1. The fourth-order valence-electron chi connectivity index (χ4n) is 4.43. The molecule has 0 spiro atoms. The molecule has 1 aliphatic rings. The van der Waals surface area contributed by atoms with Crippen molar-refractivity contribution in [2.24, 2.45) is 17.8 Å². The molecule has 0 aromatic heterocycles. The average molecular weight is 637 g/mol. The number of carbonyl (C=O) groups is 2. The smallest absolute Gasteiger partial charge is 0.249 e. The minimum atomic E-state index is -3.88. The van der Waals surface area contributed by atoms with E-state index in [-0.39, 0.29) is 18.0 Å². The van der Waals surface area contributed by atoms with Gasteiger partial charge in [0.05, 0.1) is 23.8 Å². The van der Waals surface area contributed by atoms with Crippen LogP contribution in [0.2, 0.25) is 0 Å². The summed E-state index contributed by atoms with van der Waals surface area (Å²) in [7, 11) is -3.88. The standard InChI is InChI=1S/C29H38BrN3O6S/c1-21(2)20-26(28(34)31-33(40(3,36)37)24-17-15-23(30)16-18-24)25(13-9-12-22-10-5-4-6-11-22)29(35)32-39-27-14-7-8-19-38-27/h4-6,9-12,15-18,21,25-27H,7-8,13-14,19-20H2,1-3H3,(H,31,34)(H,32,35)/b12-9+/t25-,26+,27?/m0/s1. The van der Waals surface area contributed by atoms with Crippen LogP contribution >= 0.6 is 15.9 Å². The highest BCUT2D eigenvalue weighted by Gasteiger charge is 2.36. The van der Waals surface area contributed by atoms with Gasteiger partial charge in [0.1, 0.15) is 0 Å². The largest absolute Gasteiger partial charge is 0.350 e. The van der Waals surface area contributed by atoms with Crippen molar-refractivity contribution in [3.05, 3.63) is 70.7 Å². The molecule has 1 fully saturated rings. The summed E-state index contributed by atoms with van der Waals surface area (Å²) in [4.78, 5) is 32.8. The van der Waals surface area contributed by atoms with Crippen molar-refractivity contribution in [1.29, 1.82) is 0 Å². The molecule has 1 saturated heterocycles. The Morgan fingerprint density at radius 3 is 2.38 bits per heavy atom. The number of anilines is 1. The SMILES string of the molecule is CC(C)C[C@@H](C(=O)NN(c1ccc(Br)cc1)S(C)(=O)=O)[C@H](C/C=C/c1ccccc1)C(=O)NOC1CCCCO1. The number of benzene rings is 2. The summed E-state index contributed by atoms with van der Waals surface area (Å²) in [5.74, 6) is -2.69. The summed E-state index contributed by atoms with van der Waals surface area (Å²) < 4.78 is 32.5. The van der Waals surface area contributed by atoms with Gasteiger partial charge in [-0.05, 0) is 61.4 Å². The Balaban J connectivity index is 1.87. The monoisotopic (exact) mass is 635 g/mol. The number of hydrogen-bond donors (Lipinski definition) is 2. The van der Waals surface area contributed by atoms with Gasteiger partial charge in [0.15, 0.2) is 6.29 Å². The first-order chi connectivity index (χ1) is 19.0. The highest BCUT2D eigenvalue weighted by Crippen LogP contribution is 2.27. The maximum Gasteiger partial charge on any atom is 0.249 e. The first kappa shape index (κ1) is 31.8. The lowest BCUT2D eigenvalue weighted by Gasteiger charge is -2.30. The molecule has 2 N–H and O–H groups in total. The molecule has 3 atom stereocenters. The number of hydroxylamine groups is 1. The van der Waals surface area contributed by atoms with Gasteiger partial charge in [0, 0.05) is 17.5 Å². The van der Waals surface area contributed by atoms with E-state index in [9.17, 15) is 18.0 Å². The van der Waals surface area contributed by atoms with Gasteiger partial charge >= 0.3 is 0 Å². The number of sulfonamides is 1. The van der Waals surface area contributed by atoms with Crippen LogP contribution in [0.4, 0.5) is 5.69 Å². The zero-order valence-electron chi connectivity index (χ0n) is 23.1. The molecule has 9 nitrogen and oxygen atoms in total. The van der Waals surface area contributed by atoms with Crippen molar-refractivity contribution in [1.82, 2.24) is 10.9 Å². The predicted molar refractivity (Wildman–Crippen MR) is 159 cm³/mol. The summed E-state index contributed by atoms with van der Waals surface area (Å²) in [5, 5.41) is 0. The number of amides is 2. The summed E-state index contributed by atoms with van der Waals surface area (Å²) in [6.07, 6.45) is 7.31. The van der Waals surface area contributed by atoms with E-state index in [1.165, 1.54) is 0 Å². The number of allylic oxidation sites excluding steroid dienone is 1. The van der Waals surface area contributed by atoms with Crippen molar-refractivity contribution < 1.29 is 27.6 Å². The van der Waals surface area contributed by atoms with E-state index in [4.69, 9.17) is 9.57 Å². The molecule has 40 heavy (non-hydrogen) atoms. The van der Waals surface area contributed by atoms with E-state index < -0.39 is 40.0 Å². The van der Waals surface area contributed by atoms with Crippen LogP contribution in [0.15, 0.2) is 65.1 Å². The molecule has 2 aromatic rings. The van der Waals surface area contributed by atoms with Crippen LogP contribution in [0.3, 0.4) is 0 Å². The second-order valence-electron chi connectivity index (χ2n) is 10.3. The zero-order chi connectivity index (χ0) is 29.1. The summed E-state index contributed by atoms with van der Waals surface area (Å²) in [6, 6.07) is 16.1. The molecule has 1 heterocycles. The van der Waals surface area contributed by atoms with Gasteiger partial charge in [-0.3, -0.25) is 15.0 Å². The highest BCUT2D eigenvalue weighted by atomic mass is 79.9. The Morgan fingerprint density at radius 2 is 1.77 bits per heavy atom. The Morgan fingerprint density at radius 1 is 1.07 bits per heavy atom. The van der Waals surface area contributed by atoms with Crippen LogP contribution in [0.1, 0.15) is 51.5 Å². The third-order valence-corrected chi connectivity index (χ3v) is 7.91. The van der Waals surface area contributed by atoms with Crippen LogP contribution in [-0.2, 0) is 29.2 Å². The lowest BCUT2D eigenvalue weighted by atomic mass is 9.82. The van der Waals surface area contributed by atoms with Gasteiger partial charge < -0.3 is 4.74 Å². The van der Waals surface area contributed by atoms with Crippen molar-refractivity contribution in [2.45, 2.75) is 52.2 Å². The van der Waals surface area contributed by atoms with Gasteiger partial charge in [-0.2, -0.15) is 4.41 Å². The van der Waals surface area contributed by atoms with Gasteiger partial charge in [-0.1, -0.05) is 72.3 Å². The summed E-state index contributed by atoms with van der Waals surface area (Å²) >= 11 is 3.34. The third kappa shape index (κ3) is 10.0. The normalized spacial score (nSPS) is 17.4. The van der Waals surface area contributed by atoms with Gasteiger partial charge in [0.2, 0.25) is 21.8 Å². The second kappa shape index (κ2) is 15.3. The number of rotatable bonds is 13. The molecule has 1 aliphatic heterocycles. The predicted octanol–water partition coefficient (Wildman–Crippen LogP) is 5.20. The van der Waals surface area contributed by atoms with Crippen molar-refractivity contribution in [3.8, 4) is 0 Å². The Bertz CT molecular complexity index is 1230. The Kier molecular flexibility index (Phi) is 12.2. The number of ether oxygens (including phenoxy) is 1. The van der Waals surface area contributed by atoms with Crippen LogP contribution in [0.25, 0.3) is 6.08 Å². The number of nitrogens with one attached hydrogen (secondary N) is 2. The van der Waals surface area contributed by atoms with E-state index >= 15 is 0 Å². The fraction of sp³-hybridized carbons (Fsp3) is 0.448. The van der Waals surface area contributed by atoms with Crippen LogP contribution < -0.4 is 15.3 Å². The third-order valence-electron chi connectivity index (χ3n) is 6.42. The summed E-state index contributed by atoms with van der Waals surface area (Å²) in [6.45, 7) is 4.45. The zero-order valence-corrected chi connectivity index (χ0v) is 25.5. The Labute approximate surface area is 245 Å². The van der Waals surface area contributed by atoms with Crippen molar-refractivity contribution in [2.75, 3.05) is 17.3 Å². The van der Waals surface area contributed by atoms with Gasteiger partial charge in [-0.25, -0.2) is 18.7 Å². The molecular formula is C29H38BrN3O6S. The highest BCUT2D eigenvalue weighted by molar-refractivity contribution is 9.10. The quantitative estimate of drug-likeness (QED) is 0.292. The van der Waals surface area contributed by atoms with E-state index in [2.05, 4.69) is 26.8 Å². The van der Waals surface area contributed by atoms with E-state index in [0.29, 0.717) is 19.4 Å². The lowest BCUT2D eigenvalue weighted by molar-refractivity contribution is -0.203. The average Bonchev–Trinajstić information content (AvgIpc) is 2.92. The van der Waals surface area contributed by atoms with E-state index in [1.54, 1.807) is 24.3 Å². The molecule has 0 bridgehead atoms. The van der Waals surface area contributed by atoms with Crippen molar-refractivity contribution in [3.63, 3.8) is 0 Å².